The van der Waals surface area contributed by atoms with E-state index in [-0.39, 0.29) is 17.5 Å². The fourth-order valence-corrected chi connectivity index (χ4v) is 1.08. The molecule has 0 aliphatic heterocycles. The number of rotatable bonds is 6. The fraction of sp³-hybridized carbons (Fsp3) is 0.444. The molecule has 0 saturated carbocycles. The molecule has 0 aliphatic rings. The molecule has 0 atom stereocenters. The lowest BCUT2D eigenvalue weighted by molar-refractivity contribution is -0.385. The van der Waals surface area contributed by atoms with Crippen LogP contribution in [-0.4, -0.2) is 33.9 Å². The molecule has 0 unspecified atom stereocenters. The van der Waals surface area contributed by atoms with Crippen molar-refractivity contribution in [3.05, 3.63) is 22.5 Å². The molecule has 1 aromatic rings. The van der Waals surface area contributed by atoms with Crippen LogP contribution in [0.25, 0.3) is 0 Å². The third kappa shape index (κ3) is 4.41. The summed E-state index contributed by atoms with van der Waals surface area (Å²) in [6.45, 7) is 2.81. The normalized spacial score (nSPS) is 9.71. The second-order valence-electron chi connectivity index (χ2n) is 3.15. The molecule has 8 heteroatoms. The molecule has 0 fully saturated rings. The van der Waals surface area contributed by atoms with E-state index in [1.807, 2.05) is 6.92 Å². The molecule has 17 heavy (non-hydrogen) atoms. The van der Waals surface area contributed by atoms with Gasteiger partial charge in [0.2, 0.25) is 11.9 Å². The summed E-state index contributed by atoms with van der Waals surface area (Å²) >= 11 is 0. The van der Waals surface area contributed by atoms with Crippen molar-refractivity contribution in [3.8, 4) is 0 Å². The smallest absolute Gasteiger partial charge is 0.305 e. The lowest BCUT2D eigenvalue weighted by Crippen LogP contribution is -2.25. The third-order valence-corrected chi connectivity index (χ3v) is 1.86. The number of amides is 1. The molecule has 0 spiro atoms. The Morgan fingerprint density at radius 3 is 2.65 bits per heavy atom. The van der Waals surface area contributed by atoms with E-state index < -0.39 is 4.92 Å². The third-order valence-electron chi connectivity index (χ3n) is 1.86. The quantitative estimate of drug-likeness (QED) is 0.546. The number of nitrogens with zero attached hydrogens (tertiary/aromatic N) is 3. The van der Waals surface area contributed by atoms with Crippen molar-refractivity contribution in [3.63, 3.8) is 0 Å². The van der Waals surface area contributed by atoms with Gasteiger partial charge in [-0.15, -0.1) is 0 Å². The van der Waals surface area contributed by atoms with Gasteiger partial charge >= 0.3 is 5.69 Å². The summed E-state index contributed by atoms with van der Waals surface area (Å²) in [4.78, 5) is 28.4. The Hall–Kier alpha value is -2.25. The second-order valence-corrected chi connectivity index (χ2v) is 3.15. The Morgan fingerprint density at radius 2 is 2.12 bits per heavy atom. The minimum absolute atomic E-state index is 0.0677. The van der Waals surface area contributed by atoms with Crippen molar-refractivity contribution in [2.45, 2.75) is 13.3 Å². The predicted octanol–water partition coefficient (Wildman–Crippen LogP) is 0.323. The first kappa shape index (κ1) is 12.8. The highest BCUT2D eigenvalue weighted by Crippen LogP contribution is 2.07. The van der Waals surface area contributed by atoms with Gasteiger partial charge in [0.05, 0.1) is 4.92 Å². The zero-order valence-corrected chi connectivity index (χ0v) is 9.34. The van der Waals surface area contributed by atoms with E-state index in [4.69, 9.17) is 0 Å². The Bertz CT molecular complexity index is 392. The average molecular weight is 239 g/mol. The molecule has 0 aromatic carbocycles. The zero-order chi connectivity index (χ0) is 12.7. The topological polar surface area (TPSA) is 110 Å². The molecule has 1 amide bonds. The van der Waals surface area contributed by atoms with E-state index in [9.17, 15) is 14.9 Å². The molecule has 8 nitrogen and oxygen atoms in total. The summed E-state index contributed by atoms with van der Waals surface area (Å²) in [7, 11) is 0. The van der Waals surface area contributed by atoms with Gasteiger partial charge in [-0.3, -0.25) is 14.9 Å². The second kappa shape index (κ2) is 6.36. The monoisotopic (exact) mass is 239 g/mol. The van der Waals surface area contributed by atoms with Crippen molar-refractivity contribution in [2.75, 3.05) is 18.4 Å². The van der Waals surface area contributed by atoms with Gasteiger partial charge in [-0.05, 0) is 6.92 Å². The van der Waals surface area contributed by atoms with Gasteiger partial charge in [-0.25, -0.2) is 9.97 Å². The van der Waals surface area contributed by atoms with E-state index in [0.717, 1.165) is 12.4 Å². The van der Waals surface area contributed by atoms with Crippen LogP contribution in [0.2, 0.25) is 0 Å². The molecule has 92 valence electrons. The van der Waals surface area contributed by atoms with Gasteiger partial charge in [-0.2, -0.15) is 0 Å². The maximum Gasteiger partial charge on any atom is 0.305 e. The molecule has 0 bridgehead atoms. The SMILES string of the molecule is CCNC(=O)CCNc1ncc([N+](=O)[O-])cn1. The Morgan fingerprint density at radius 1 is 1.47 bits per heavy atom. The number of nitro groups is 1. The molecule has 0 aliphatic carbocycles. The Kier molecular flexibility index (Phi) is 4.79. The summed E-state index contributed by atoms with van der Waals surface area (Å²) in [5.74, 6) is 0.196. The van der Waals surface area contributed by atoms with Gasteiger partial charge in [0, 0.05) is 19.5 Å². The van der Waals surface area contributed by atoms with Crippen molar-refractivity contribution in [1.82, 2.24) is 15.3 Å². The highest BCUT2D eigenvalue weighted by atomic mass is 16.6. The summed E-state index contributed by atoms with van der Waals surface area (Å²) < 4.78 is 0. The number of anilines is 1. The zero-order valence-electron chi connectivity index (χ0n) is 9.34. The van der Waals surface area contributed by atoms with E-state index in [0.29, 0.717) is 19.5 Å². The van der Waals surface area contributed by atoms with Crippen LogP contribution in [0.3, 0.4) is 0 Å². The first-order valence-corrected chi connectivity index (χ1v) is 5.10. The lowest BCUT2D eigenvalue weighted by Gasteiger charge is -2.04. The van der Waals surface area contributed by atoms with E-state index in [1.165, 1.54) is 0 Å². The lowest BCUT2D eigenvalue weighted by atomic mass is 10.4. The van der Waals surface area contributed by atoms with Gasteiger partial charge < -0.3 is 10.6 Å². The van der Waals surface area contributed by atoms with Gasteiger partial charge in [-0.1, -0.05) is 0 Å². The van der Waals surface area contributed by atoms with Crippen LogP contribution in [0, 0.1) is 10.1 Å². The largest absolute Gasteiger partial charge is 0.356 e. The molecule has 0 radical (unpaired) electrons. The van der Waals surface area contributed by atoms with E-state index in [2.05, 4.69) is 20.6 Å². The Balaban J connectivity index is 2.37. The number of carbonyl (C=O) groups excluding carboxylic acids is 1. The number of hydrogen-bond donors (Lipinski definition) is 2. The molecule has 0 saturated heterocycles. The van der Waals surface area contributed by atoms with Crippen molar-refractivity contribution >= 4 is 17.5 Å². The minimum Gasteiger partial charge on any atom is -0.356 e. The van der Waals surface area contributed by atoms with E-state index >= 15 is 0 Å². The Labute approximate surface area is 97.6 Å². The number of carbonyl (C=O) groups is 1. The molecular formula is C9H13N5O3. The first-order valence-electron chi connectivity index (χ1n) is 5.10. The molecule has 2 N–H and O–H groups in total. The van der Waals surface area contributed by atoms with Crippen LogP contribution >= 0.6 is 0 Å². The van der Waals surface area contributed by atoms with Crippen LogP contribution in [0.15, 0.2) is 12.4 Å². The number of nitrogens with one attached hydrogen (secondary N) is 2. The highest BCUT2D eigenvalue weighted by Gasteiger charge is 2.06. The molecule has 1 rings (SSSR count). The van der Waals surface area contributed by atoms with Crippen LogP contribution < -0.4 is 10.6 Å². The van der Waals surface area contributed by atoms with Gasteiger partial charge in [0.15, 0.2) is 0 Å². The average Bonchev–Trinajstić information content (AvgIpc) is 2.30. The van der Waals surface area contributed by atoms with Gasteiger partial charge in [0.25, 0.3) is 0 Å². The van der Waals surface area contributed by atoms with Crippen molar-refractivity contribution < 1.29 is 9.72 Å². The summed E-state index contributed by atoms with van der Waals surface area (Å²) in [6.07, 6.45) is 2.52. The molecule has 1 aromatic heterocycles. The first-order chi connectivity index (χ1) is 8.13. The predicted molar refractivity (Wildman–Crippen MR) is 60.5 cm³/mol. The standard InChI is InChI=1S/C9H13N5O3/c1-2-10-8(15)3-4-11-9-12-5-7(6-13-9)14(16)17/h5-6H,2-4H2,1H3,(H,10,15)(H,11,12,13). The van der Waals surface area contributed by atoms with Gasteiger partial charge in [0.1, 0.15) is 12.4 Å². The minimum atomic E-state index is -0.571. The van der Waals surface area contributed by atoms with Crippen molar-refractivity contribution in [1.29, 1.82) is 0 Å². The molecular weight excluding hydrogens is 226 g/mol. The highest BCUT2D eigenvalue weighted by molar-refractivity contribution is 5.76. The number of hydrogen-bond acceptors (Lipinski definition) is 6. The number of aromatic nitrogens is 2. The van der Waals surface area contributed by atoms with Crippen molar-refractivity contribution in [2.24, 2.45) is 0 Å². The van der Waals surface area contributed by atoms with Crippen LogP contribution in [0.4, 0.5) is 11.6 Å². The van der Waals surface area contributed by atoms with E-state index in [1.54, 1.807) is 0 Å². The molecule has 1 heterocycles. The maximum atomic E-state index is 11.1. The maximum absolute atomic E-state index is 11.1. The summed E-state index contributed by atoms with van der Waals surface area (Å²) in [5, 5.41) is 15.8. The summed E-state index contributed by atoms with van der Waals surface area (Å²) in [5.41, 5.74) is -0.167. The fourth-order valence-electron chi connectivity index (χ4n) is 1.08. The van der Waals surface area contributed by atoms with Crippen LogP contribution in [-0.2, 0) is 4.79 Å². The summed E-state index contributed by atoms with van der Waals surface area (Å²) in [6, 6.07) is 0. The van der Waals surface area contributed by atoms with Crippen LogP contribution in [0.5, 0.6) is 0 Å². The van der Waals surface area contributed by atoms with Crippen LogP contribution in [0.1, 0.15) is 13.3 Å².